The maximum Gasteiger partial charge on any atom is 0.339 e. The van der Waals surface area contributed by atoms with Crippen molar-refractivity contribution in [2.45, 2.75) is 6.92 Å². The van der Waals surface area contributed by atoms with Crippen LogP contribution >= 0.6 is 0 Å². The molecular formula is C11H13N5O3. The lowest BCUT2D eigenvalue weighted by atomic mass is 10.2. The van der Waals surface area contributed by atoms with E-state index in [0.29, 0.717) is 5.82 Å². The quantitative estimate of drug-likeness (QED) is 0.835. The Labute approximate surface area is 108 Å². The Bertz CT molecular complexity index is 655. The van der Waals surface area contributed by atoms with E-state index in [1.165, 1.54) is 15.6 Å². The van der Waals surface area contributed by atoms with E-state index in [-0.39, 0.29) is 11.3 Å². The summed E-state index contributed by atoms with van der Waals surface area (Å²) < 4.78 is 2.78. The van der Waals surface area contributed by atoms with E-state index in [0.717, 1.165) is 5.69 Å². The predicted octanol–water partition coefficient (Wildman–Crippen LogP) is 0.413. The molecule has 8 heteroatoms. The number of nitrogens with zero attached hydrogens (tertiary/aromatic N) is 4. The standard InChI is InChI=1S/C11H13N5O3/c1-6-4-8(16(3)13-6)12-10(17)9-7(11(18)19)5-15(2)14-9/h4-5H,1-3H3,(H,12,17)(H,18,19). The predicted molar refractivity (Wildman–Crippen MR) is 66.1 cm³/mol. The third-order valence-electron chi connectivity index (χ3n) is 2.52. The molecule has 0 aliphatic rings. The number of hydrogen-bond donors (Lipinski definition) is 2. The van der Waals surface area contributed by atoms with E-state index in [2.05, 4.69) is 15.5 Å². The van der Waals surface area contributed by atoms with Gasteiger partial charge in [-0.25, -0.2) is 4.79 Å². The van der Waals surface area contributed by atoms with E-state index < -0.39 is 11.9 Å². The number of hydrogen-bond acceptors (Lipinski definition) is 4. The molecule has 0 atom stereocenters. The second-order valence-electron chi connectivity index (χ2n) is 4.12. The van der Waals surface area contributed by atoms with Gasteiger partial charge in [-0.2, -0.15) is 10.2 Å². The van der Waals surface area contributed by atoms with Gasteiger partial charge >= 0.3 is 5.97 Å². The average molecular weight is 263 g/mol. The third-order valence-corrected chi connectivity index (χ3v) is 2.52. The highest BCUT2D eigenvalue weighted by Crippen LogP contribution is 2.12. The van der Waals surface area contributed by atoms with E-state index >= 15 is 0 Å². The number of anilines is 1. The molecule has 0 saturated heterocycles. The fraction of sp³-hybridized carbons (Fsp3) is 0.273. The summed E-state index contributed by atoms with van der Waals surface area (Å²) in [6.07, 6.45) is 1.28. The molecule has 1 amide bonds. The highest BCUT2D eigenvalue weighted by Gasteiger charge is 2.21. The molecule has 2 N–H and O–H groups in total. The molecule has 0 spiro atoms. The van der Waals surface area contributed by atoms with Gasteiger partial charge in [-0.15, -0.1) is 0 Å². The Morgan fingerprint density at radius 3 is 2.53 bits per heavy atom. The van der Waals surface area contributed by atoms with E-state index in [9.17, 15) is 9.59 Å². The summed E-state index contributed by atoms with van der Waals surface area (Å²) in [5, 5.41) is 19.5. The first-order valence-corrected chi connectivity index (χ1v) is 5.47. The van der Waals surface area contributed by atoms with Gasteiger partial charge in [-0.3, -0.25) is 14.2 Å². The number of aryl methyl sites for hydroxylation is 3. The summed E-state index contributed by atoms with van der Waals surface area (Å²) in [5.74, 6) is -1.30. The molecule has 2 aromatic heterocycles. The molecule has 0 radical (unpaired) electrons. The molecule has 100 valence electrons. The number of aromatic carboxylic acids is 1. The number of carboxylic acids is 1. The van der Waals surface area contributed by atoms with Gasteiger partial charge in [0.25, 0.3) is 5.91 Å². The first-order valence-electron chi connectivity index (χ1n) is 5.47. The molecule has 0 bridgehead atoms. The highest BCUT2D eigenvalue weighted by atomic mass is 16.4. The number of carboxylic acid groups (broad SMARTS) is 1. The average Bonchev–Trinajstić information content (AvgIpc) is 2.83. The first kappa shape index (κ1) is 12.8. The van der Waals surface area contributed by atoms with Crippen molar-refractivity contribution in [1.29, 1.82) is 0 Å². The Balaban J connectivity index is 2.30. The van der Waals surface area contributed by atoms with Crippen molar-refractivity contribution in [2.75, 3.05) is 5.32 Å². The minimum Gasteiger partial charge on any atom is -0.478 e. The van der Waals surface area contributed by atoms with Crippen molar-refractivity contribution in [1.82, 2.24) is 19.6 Å². The van der Waals surface area contributed by atoms with Crippen LogP contribution in [-0.2, 0) is 14.1 Å². The lowest BCUT2D eigenvalue weighted by Crippen LogP contribution is -2.18. The summed E-state index contributed by atoms with van der Waals surface area (Å²) in [6, 6.07) is 1.68. The van der Waals surface area contributed by atoms with E-state index in [4.69, 9.17) is 5.11 Å². The molecule has 0 fully saturated rings. The first-order chi connectivity index (χ1) is 8.88. The van der Waals surface area contributed by atoms with Gasteiger partial charge < -0.3 is 10.4 Å². The summed E-state index contributed by atoms with van der Waals surface area (Å²) >= 11 is 0. The molecule has 8 nitrogen and oxygen atoms in total. The fourth-order valence-corrected chi connectivity index (χ4v) is 1.72. The van der Waals surface area contributed by atoms with Gasteiger partial charge in [0.1, 0.15) is 11.4 Å². The normalized spacial score (nSPS) is 10.5. The molecule has 0 unspecified atom stereocenters. The lowest BCUT2D eigenvalue weighted by molar-refractivity contribution is 0.0692. The lowest BCUT2D eigenvalue weighted by Gasteiger charge is -2.03. The smallest absolute Gasteiger partial charge is 0.339 e. The van der Waals surface area contributed by atoms with Crippen LogP contribution in [0.15, 0.2) is 12.3 Å². The summed E-state index contributed by atoms with van der Waals surface area (Å²) in [7, 11) is 3.23. The van der Waals surface area contributed by atoms with E-state index in [1.54, 1.807) is 27.1 Å². The second kappa shape index (κ2) is 4.56. The Morgan fingerprint density at radius 2 is 2.00 bits per heavy atom. The van der Waals surface area contributed by atoms with Crippen LogP contribution < -0.4 is 5.32 Å². The molecule has 19 heavy (non-hydrogen) atoms. The topological polar surface area (TPSA) is 102 Å². The molecule has 2 heterocycles. The number of rotatable bonds is 3. The van der Waals surface area contributed by atoms with Crippen molar-refractivity contribution in [3.05, 3.63) is 29.2 Å². The zero-order chi connectivity index (χ0) is 14.2. The van der Waals surface area contributed by atoms with Gasteiger partial charge in [-0.05, 0) is 6.92 Å². The van der Waals surface area contributed by atoms with Gasteiger partial charge in [-0.1, -0.05) is 0 Å². The fourth-order valence-electron chi connectivity index (χ4n) is 1.72. The van der Waals surface area contributed by atoms with Crippen LogP contribution in [0, 0.1) is 6.92 Å². The summed E-state index contributed by atoms with van der Waals surface area (Å²) in [4.78, 5) is 23.0. The van der Waals surface area contributed by atoms with Crippen molar-refractivity contribution in [2.24, 2.45) is 14.1 Å². The van der Waals surface area contributed by atoms with Crippen molar-refractivity contribution < 1.29 is 14.7 Å². The molecule has 0 aliphatic heterocycles. The molecule has 0 aliphatic carbocycles. The van der Waals surface area contributed by atoms with Crippen LogP contribution in [-0.4, -0.2) is 36.5 Å². The zero-order valence-electron chi connectivity index (χ0n) is 10.7. The molecule has 0 saturated carbocycles. The Kier molecular flexibility index (Phi) is 3.07. The highest BCUT2D eigenvalue weighted by molar-refractivity contribution is 6.09. The SMILES string of the molecule is Cc1cc(NC(=O)c2nn(C)cc2C(=O)O)n(C)n1. The maximum absolute atomic E-state index is 12.0. The number of carbonyl (C=O) groups is 2. The van der Waals surface area contributed by atoms with Gasteiger partial charge in [0.15, 0.2) is 5.69 Å². The minimum absolute atomic E-state index is 0.131. The van der Waals surface area contributed by atoms with Crippen LogP contribution in [0.1, 0.15) is 26.5 Å². The van der Waals surface area contributed by atoms with Crippen LogP contribution in [0.2, 0.25) is 0 Å². The number of carbonyl (C=O) groups excluding carboxylic acids is 1. The number of aromatic nitrogens is 4. The van der Waals surface area contributed by atoms with Crippen LogP contribution in [0.4, 0.5) is 5.82 Å². The van der Waals surface area contributed by atoms with Crippen molar-refractivity contribution in [3.8, 4) is 0 Å². The largest absolute Gasteiger partial charge is 0.478 e. The molecular weight excluding hydrogens is 250 g/mol. The monoisotopic (exact) mass is 263 g/mol. The molecule has 2 aromatic rings. The number of nitrogens with one attached hydrogen (secondary N) is 1. The number of amides is 1. The van der Waals surface area contributed by atoms with Crippen molar-refractivity contribution >= 4 is 17.7 Å². The van der Waals surface area contributed by atoms with E-state index in [1.807, 2.05) is 0 Å². The van der Waals surface area contributed by atoms with Crippen LogP contribution in [0.5, 0.6) is 0 Å². The summed E-state index contributed by atoms with van der Waals surface area (Å²) in [6.45, 7) is 1.79. The van der Waals surface area contributed by atoms with Gasteiger partial charge in [0, 0.05) is 26.4 Å². The van der Waals surface area contributed by atoms with Crippen LogP contribution in [0.3, 0.4) is 0 Å². The minimum atomic E-state index is -1.19. The van der Waals surface area contributed by atoms with Crippen LogP contribution in [0.25, 0.3) is 0 Å². The zero-order valence-corrected chi connectivity index (χ0v) is 10.7. The molecule has 2 rings (SSSR count). The maximum atomic E-state index is 12.0. The summed E-state index contributed by atoms with van der Waals surface area (Å²) in [5.41, 5.74) is 0.477. The van der Waals surface area contributed by atoms with Gasteiger partial charge in [0.2, 0.25) is 0 Å². The second-order valence-corrected chi connectivity index (χ2v) is 4.12. The third kappa shape index (κ3) is 2.46. The Morgan fingerprint density at radius 1 is 1.32 bits per heavy atom. The Hall–Kier alpha value is -2.64. The van der Waals surface area contributed by atoms with Gasteiger partial charge in [0.05, 0.1) is 5.69 Å². The molecule has 0 aromatic carbocycles. The van der Waals surface area contributed by atoms with Crippen molar-refractivity contribution in [3.63, 3.8) is 0 Å².